The summed E-state index contributed by atoms with van der Waals surface area (Å²) in [5.41, 5.74) is 4.64. The molecule has 0 amide bonds. The first kappa shape index (κ1) is 17.0. The minimum atomic E-state index is 0.238. The highest BCUT2D eigenvalue weighted by Gasteiger charge is 2.15. The number of fused-ring (bicyclic) bond motifs is 2. The second-order valence-corrected chi connectivity index (χ2v) is 7.68. The summed E-state index contributed by atoms with van der Waals surface area (Å²) in [6.07, 6.45) is 0. The largest absolute Gasteiger partial charge is 0.507 e. The molecule has 0 saturated heterocycles. The zero-order chi connectivity index (χ0) is 19.1. The number of phenols is 1. The van der Waals surface area contributed by atoms with Gasteiger partial charge in [-0.3, -0.25) is 0 Å². The molecule has 4 aromatic carbocycles. The van der Waals surface area contributed by atoms with E-state index in [1.54, 1.807) is 6.07 Å². The maximum Gasteiger partial charge on any atom is 0.125 e. The van der Waals surface area contributed by atoms with Gasteiger partial charge in [0.05, 0.1) is 11.2 Å². The van der Waals surface area contributed by atoms with Gasteiger partial charge in [-0.25, -0.2) is 4.98 Å². The highest BCUT2D eigenvalue weighted by molar-refractivity contribution is 9.10. The molecule has 0 aliphatic heterocycles. The maximum absolute atomic E-state index is 10.7. The SMILES string of the molecule is Oc1ccc2ccccc2c1-c1cc(-c2ccccc2)c2cc(Br)ccc2n1. The average Bonchev–Trinajstić information content (AvgIpc) is 2.73. The Kier molecular flexibility index (Phi) is 4.10. The van der Waals surface area contributed by atoms with Crippen molar-refractivity contribution in [2.24, 2.45) is 0 Å². The monoisotopic (exact) mass is 425 g/mol. The van der Waals surface area contributed by atoms with Crippen molar-refractivity contribution in [3.63, 3.8) is 0 Å². The molecule has 5 rings (SSSR count). The van der Waals surface area contributed by atoms with Crippen LogP contribution in [0.15, 0.2) is 95.5 Å². The van der Waals surface area contributed by atoms with Crippen molar-refractivity contribution in [3.8, 4) is 28.1 Å². The zero-order valence-corrected chi connectivity index (χ0v) is 16.5. The molecule has 134 valence electrons. The van der Waals surface area contributed by atoms with Crippen LogP contribution in [0.4, 0.5) is 0 Å². The van der Waals surface area contributed by atoms with Crippen LogP contribution in [0.1, 0.15) is 0 Å². The van der Waals surface area contributed by atoms with Crippen molar-refractivity contribution >= 4 is 37.6 Å². The summed E-state index contributed by atoms with van der Waals surface area (Å²) in [6, 6.07) is 30.2. The summed E-state index contributed by atoms with van der Waals surface area (Å²) in [5.74, 6) is 0.238. The standard InChI is InChI=1S/C25H16BrNO/c26-18-11-12-22-21(14-18)20(16-6-2-1-3-7-16)15-23(27-22)25-19-9-5-4-8-17(19)10-13-24(25)28/h1-15,28H. The summed E-state index contributed by atoms with van der Waals surface area (Å²) in [6.45, 7) is 0. The van der Waals surface area contributed by atoms with Crippen LogP contribution < -0.4 is 0 Å². The molecule has 2 nitrogen and oxygen atoms in total. The number of halogens is 1. The number of aromatic nitrogens is 1. The summed E-state index contributed by atoms with van der Waals surface area (Å²) in [5, 5.41) is 13.8. The van der Waals surface area contributed by atoms with Crippen LogP contribution in [0.5, 0.6) is 5.75 Å². The predicted octanol–water partition coefficient (Wildman–Crippen LogP) is 7.19. The fourth-order valence-corrected chi connectivity index (χ4v) is 4.07. The smallest absolute Gasteiger partial charge is 0.125 e. The molecule has 1 N–H and O–H groups in total. The Morgan fingerprint density at radius 1 is 0.714 bits per heavy atom. The third-order valence-corrected chi connectivity index (χ3v) is 5.51. The quantitative estimate of drug-likeness (QED) is 0.324. The fraction of sp³-hybridized carbons (Fsp3) is 0. The lowest BCUT2D eigenvalue weighted by atomic mass is 9.95. The van der Waals surface area contributed by atoms with E-state index in [1.165, 1.54) is 0 Å². The number of aromatic hydroxyl groups is 1. The normalized spacial score (nSPS) is 11.2. The van der Waals surface area contributed by atoms with Crippen LogP contribution in [0, 0.1) is 0 Å². The Labute approximate surface area is 171 Å². The third kappa shape index (κ3) is 2.85. The molecule has 0 aliphatic rings. The van der Waals surface area contributed by atoms with Crippen molar-refractivity contribution in [1.29, 1.82) is 0 Å². The molecule has 0 aliphatic carbocycles. The molecule has 0 saturated carbocycles. The van der Waals surface area contributed by atoms with Crippen LogP contribution in [0.2, 0.25) is 0 Å². The Bertz CT molecular complexity index is 1330. The first-order chi connectivity index (χ1) is 13.7. The van der Waals surface area contributed by atoms with E-state index < -0.39 is 0 Å². The van der Waals surface area contributed by atoms with Crippen LogP contribution in [-0.2, 0) is 0 Å². The molecule has 0 atom stereocenters. The van der Waals surface area contributed by atoms with Gasteiger partial charge in [-0.15, -0.1) is 0 Å². The molecule has 1 aromatic heterocycles. The topological polar surface area (TPSA) is 33.1 Å². The van der Waals surface area contributed by atoms with Crippen LogP contribution in [0.25, 0.3) is 44.1 Å². The number of rotatable bonds is 2. The van der Waals surface area contributed by atoms with E-state index >= 15 is 0 Å². The second-order valence-electron chi connectivity index (χ2n) is 6.76. The molecule has 28 heavy (non-hydrogen) atoms. The second kappa shape index (κ2) is 6.77. The highest BCUT2D eigenvalue weighted by atomic mass is 79.9. The van der Waals surface area contributed by atoms with Gasteiger partial charge in [-0.1, -0.05) is 76.6 Å². The van der Waals surface area contributed by atoms with Crippen molar-refractivity contribution in [1.82, 2.24) is 4.98 Å². The van der Waals surface area contributed by atoms with Crippen molar-refractivity contribution < 1.29 is 5.11 Å². The Hall–Kier alpha value is -3.17. The van der Waals surface area contributed by atoms with Crippen molar-refractivity contribution in [3.05, 3.63) is 95.5 Å². The molecule has 0 fully saturated rings. The molecule has 3 heteroatoms. The van der Waals surface area contributed by atoms with Gasteiger partial charge in [0.25, 0.3) is 0 Å². The van der Waals surface area contributed by atoms with E-state index in [-0.39, 0.29) is 5.75 Å². The minimum absolute atomic E-state index is 0.238. The minimum Gasteiger partial charge on any atom is -0.507 e. The Balaban J connectivity index is 1.88. The Morgan fingerprint density at radius 3 is 2.36 bits per heavy atom. The van der Waals surface area contributed by atoms with Gasteiger partial charge < -0.3 is 5.11 Å². The summed E-state index contributed by atoms with van der Waals surface area (Å²) >= 11 is 3.58. The van der Waals surface area contributed by atoms with Crippen LogP contribution in [0.3, 0.4) is 0 Å². The van der Waals surface area contributed by atoms with Crippen molar-refractivity contribution in [2.45, 2.75) is 0 Å². The lowest BCUT2D eigenvalue weighted by molar-refractivity contribution is 0.478. The molecule has 0 radical (unpaired) electrons. The van der Waals surface area contributed by atoms with E-state index in [4.69, 9.17) is 4.98 Å². The van der Waals surface area contributed by atoms with Crippen molar-refractivity contribution in [2.75, 3.05) is 0 Å². The average molecular weight is 426 g/mol. The molecule has 1 heterocycles. The number of hydrogen-bond acceptors (Lipinski definition) is 2. The summed E-state index contributed by atoms with van der Waals surface area (Å²) < 4.78 is 1.01. The number of hydrogen-bond donors (Lipinski definition) is 1. The third-order valence-electron chi connectivity index (χ3n) is 5.02. The fourth-order valence-electron chi connectivity index (χ4n) is 3.71. The Morgan fingerprint density at radius 2 is 1.50 bits per heavy atom. The number of nitrogens with zero attached hydrogens (tertiary/aromatic N) is 1. The first-order valence-electron chi connectivity index (χ1n) is 9.07. The lowest BCUT2D eigenvalue weighted by Gasteiger charge is -2.13. The van der Waals surface area contributed by atoms with E-state index in [0.717, 1.165) is 48.5 Å². The van der Waals surface area contributed by atoms with E-state index in [1.807, 2.05) is 54.6 Å². The summed E-state index contributed by atoms with van der Waals surface area (Å²) in [7, 11) is 0. The van der Waals surface area contributed by atoms with E-state index in [9.17, 15) is 5.11 Å². The van der Waals surface area contributed by atoms with Crippen LogP contribution in [-0.4, -0.2) is 10.1 Å². The molecule has 5 aromatic rings. The van der Waals surface area contributed by atoms with Gasteiger partial charge in [-0.2, -0.15) is 0 Å². The summed E-state index contributed by atoms with van der Waals surface area (Å²) in [4.78, 5) is 4.90. The molecule has 0 spiro atoms. The van der Waals surface area contributed by atoms with Gasteiger partial charge in [0.15, 0.2) is 0 Å². The van der Waals surface area contributed by atoms with Gasteiger partial charge >= 0.3 is 0 Å². The maximum atomic E-state index is 10.7. The van der Waals surface area contributed by atoms with Gasteiger partial charge in [0.1, 0.15) is 5.75 Å². The predicted molar refractivity (Wildman–Crippen MR) is 119 cm³/mol. The van der Waals surface area contributed by atoms with Gasteiger partial charge in [0, 0.05) is 15.4 Å². The molecular weight excluding hydrogens is 410 g/mol. The number of benzene rings is 4. The lowest BCUT2D eigenvalue weighted by Crippen LogP contribution is -1.91. The van der Waals surface area contributed by atoms with E-state index in [0.29, 0.717) is 0 Å². The number of pyridine rings is 1. The highest BCUT2D eigenvalue weighted by Crippen LogP contribution is 2.39. The first-order valence-corrected chi connectivity index (χ1v) is 9.87. The number of phenolic OH excluding ortho intramolecular Hbond substituents is 1. The zero-order valence-electron chi connectivity index (χ0n) is 14.9. The molecule has 0 bridgehead atoms. The van der Waals surface area contributed by atoms with Gasteiger partial charge in [-0.05, 0) is 52.2 Å². The van der Waals surface area contributed by atoms with Crippen LogP contribution >= 0.6 is 15.9 Å². The molecular formula is C25H16BrNO. The van der Waals surface area contributed by atoms with Gasteiger partial charge in [0.2, 0.25) is 0 Å². The molecule has 0 unspecified atom stereocenters. The van der Waals surface area contributed by atoms with E-state index in [2.05, 4.69) is 46.3 Å².